The number of likely N-dealkylation sites (tertiary alicyclic amines) is 1. The van der Waals surface area contributed by atoms with E-state index in [2.05, 4.69) is 31.7 Å². The van der Waals surface area contributed by atoms with Crippen LogP contribution in [0, 0.1) is 22.7 Å². The molecule has 1 amide bonds. The molecule has 6 nitrogen and oxygen atoms in total. The summed E-state index contributed by atoms with van der Waals surface area (Å²) in [6.07, 6.45) is 7.34. The molecule has 196 valence electrons. The number of piperidine rings is 1. The SMILES string of the molecule is CO[C@@]12CC[C@@]3(CC1[C@@](C)(O)C(C)(C)C)[C@H]1Cc4ccc(C(N)=O)c5c4[C@@]3(CCN1CC1CC1)[C@H]2O5. The zero-order valence-corrected chi connectivity index (χ0v) is 22.5. The molecule has 7 aliphatic rings. The van der Waals surface area contributed by atoms with Crippen LogP contribution >= 0.6 is 0 Å². The Morgan fingerprint density at radius 3 is 2.61 bits per heavy atom. The average Bonchev–Trinajstić information content (AvgIpc) is 3.56. The second-order valence-corrected chi connectivity index (χ2v) is 14.2. The van der Waals surface area contributed by atoms with E-state index in [-0.39, 0.29) is 28.3 Å². The van der Waals surface area contributed by atoms with Gasteiger partial charge in [0, 0.05) is 42.0 Å². The van der Waals surface area contributed by atoms with Gasteiger partial charge in [-0.1, -0.05) is 26.8 Å². The number of methoxy groups -OCH3 is 1. The molecule has 1 saturated heterocycles. The summed E-state index contributed by atoms with van der Waals surface area (Å²) in [7, 11) is 1.81. The van der Waals surface area contributed by atoms with Gasteiger partial charge >= 0.3 is 0 Å². The Labute approximate surface area is 214 Å². The summed E-state index contributed by atoms with van der Waals surface area (Å²) in [6, 6.07) is 4.45. The highest BCUT2D eigenvalue weighted by Crippen LogP contribution is 2.77. The lowest BCUT2D eigenvalue weighted by atomic mass is 9.33. The van der Waals surface area contributed by atoms with Crippen molar-refractivity contribution in [2.75, 3.05) is 20.2 Å². The van der Waals surface area contributed by atoms with Gasteiger partial charge in [0.25, 0.3) is 5.91 Å². The van der Waals surface area contributed by atoms with Crippen LogP contribution in [-0.2, 0) is 16.6 Å². The van der Waals surface area contributed by atoms with Crippen molar-refractivity contribution >= 4 is 5.91 Å². The number of hydrogen-bond donors (Lipinski definition) is 2. The number of benzene rings is 1. The molecule has 4 bridgehead atoms. The topological polar surface area (TPSA) is 85.0 Å². The fourth-order valence-corrected chi connectivity index (χ4v) is 9.79. The molecule has 0 radical (unpaired) electrons. The number of hydrogen-bond acceptors (Lipinski definition) is 5. The maximum absolute atomic E-state index is 12.6. The Hall–Kier alpha value is -1.63. The first-order chi connectivity index (χ1) is 16.9. The van der Waals surface area contributed by atoms with Gasteiger partial charge in [0.05, 0.1) is 11.2 Å². The molecule has 36 heavy (non-hydrogen) atoms. The average molecular weight is 495 g/mol. The number of rotatable bonds is 5. The number of carbonyl (C=O) groups is 1. The van der Waals surface area contributed by atoms with Crippen molar-refractivity contribution in [1.82, 2.24) is 4.90 Å². The summed E-state index contributed by atoms with van der Waals surface area (Å²) >= 11 is 0. The van der Waals surface area contributed by atoms with Gasteiger partial charge in [-0.2, -0.15) is 0 Å². The van der Waals surface area contributed by atoms with Gasteiger partial charge in [-0.15, -0.1) is 0 Å². The third-order valence-corrected chi connectivity index (χ3v) is 12.1. The molecule has 7 atom stereocenters. The molecule has 8 rings (SSSR count). The van der Waals surface area contributed by atoms with Crippen LogP contribution in [0.25, 0.3) is 0 Å². The molecule has 1 aromatic carbocycles. The first-order valence-corrected chi connectivity index (χ1v) is 14.1. The quantitative estimate of drug-likeness (QED) is 0.650. The van der Waals surface area contributed by atoms with Crippen molar-refractivity contribution in [3.05, 3.63) is 28.8 Å². The zero-order chi connectivity index (χ0) is 25.5. The van der Waals surface area contributed by atoms with Gasteiger partial charge in [0.15, 0.2) is 0 Å². The van der Waals surface area contributed by atoms with E-state index in [1.807, 2.05) is 20.1 Å². The van der Waals surface area contributed by atoms with Crippen LogP contribution in [0.3, 0.4) is 0 Å². The normalized spacial score (nSPS) is 42.0. The summed E-state index contributed by atoms with van der Waals surface area (Å²) in [5.41, 5.74) is 6.86. The number of aliphatic hydroxyl groups is 1. The molecule has 0 aromatic heterocycles. The lowest BCUT2D eigenvalue weighted by Crippen LogP contribution is -2.83. The fraction of sp³-hybridized carbons (Fsp3) is 0.767. The van der Waals surface area contributed by atoms with Crippen molar-refractivity contribution in [2.24, 2.45) is 28.4 Å². The second-order valence-electron chi connectivity index (χ2n) is 14.2. The summed E-state index contributed by atoms with van der Waals surface area (Å²) in [5, 5.41) is 12.3. The van der Waals surface area contributed by atoms with Gasteiger partial charge in [0.2, 0.25) is 0 Å². The van der Waals surface area contributed by atoms with E-state index in [0.717, 1.165) is 44.6 Å². The highest BCUT2D eigenvalue weighted by molar-refractivity contribution is 5.97. The zero-order valence-electron chi connectivity index (χ0n) is 22.5. The molecule has 4 saturated carbocycles. The highest BCUT2D eigenvalue weighted by atomic mass is 16.6. The summed E-state index contributed by atoms with van der Waals surface area (Å²) in [6.45, 7) is 10.7. The first-order valence-electron chi connectivity index (χ1n) is 14.1. The first kappa shape index (κ1) is 23.5. The number of primary amides is 1. The molecule has 5 aliphatic carbocycles. The second kappa shape index (κ2) is 6.86. The number of nitrogens with two attached hydrogens (primary N) is 1. The van der Waals surface area contributed by atoms with Crippen molar-refractivity contribution < 1.29 is 19.4 Å². The van der Waals surface area contributed by atoms with E-state index in [4.69, 9.17) is 15.2 Å². The van der Waals surface area contributed by atoms with E-state index in [0.29, 0.717) is 17.4 Å². The van der Waals surface area contributed by atoms with Crippen LogP contribution < -0.4 is 10.5 Å². The maximum Gasteiger partial charge on any atom is 0.252 e. The minimum absolute atomic E-state index is 0.0144. The third kappa shape index (κ3) is 2.48. The molecule has 1 aromatic rings. The standard InChI is InChI=1S/C30H42N2O4/c1-26(2,3)27(4,34)20-15-28-10-11-30(20,35-5)25-29(28)12-13-32(16-17-6-7-17)21(28)14-18-8-9-19(24(31)33)23(36-25)22(18)29/h8-9,17,20-21,25,34H,6-7,10-16H2,1-5H3,(H2,31,33)/t20?,21-,25-,27-,28-,29+,30+/m1/s1. The van der Waals surface area contributed by atoms with Crippen LogP contribution in [0.5, 0.6) is 5.75 Å². The highest BCUT2D eigenvalue weighted by Gasteiger charge is 2.82. The van der Waals surface area contributed by atoms with Crippen LogP contribution in [0.4, 0.5) is 0 Å². The summed E-state index contributed by atoms with van der Waals surface area (Å²) < 4.78 is 13.6. The molecule has 2 heterocycles. The summed E-state index contributed by atoms with van der Waals surface area (Å²) in [4.78, 5) is 15.4. The fourth-order valence-electron chi connectivity index (χ4n) is 9.79. The number of ether oxygens (including phenoxy) is 2. The van der Waals surface area contributed by atoms with Crippen molar-refractivity contribution in [3.63, 3.8) is 0 Å². The lowest BCUT2D eigenvalue weighted by Gasteiger charge is -2.75. The monoisotopic (exact) mass is 494 g/mol. The third-order valence-electron chi connectivity index (χ3n) is 12.1. The molecular weight excluding hydrogens is 452 g/mol. The molecule has 5 fully saturated rings. The largest absolute Gasteiger partial charge is 0.485 e. The molecule has 3 N–H and O–H groups in total. The maximum atomic E-state index is 12.6. The Bertz CT molecular complexity index is 1150. The van der Waals surface area contributed by atoms with Gasteiger partial charge in [-0.3, -0.25) is 9.69 Å². The molecule has 2 aliphatic heterocycles. The van der Waals surface area contributed by atoms with E-state index in [9.17, 15) is 9.90 Å². The number of carbonyl (C=O) groups excluding carboxylic acids is 1. The van der Waals surface area contributed by atoms with E-state index < -0.39 is 17.1 Å². The Morgan fingerprint density at radius 1 is 1.22 bits per heavy atom. The van der Waals surface area contributed by atoms with E-state index >= 15 is 0 Å². The van der Waals surface area contributed by atoms with E-state index in [1.165, 1.54) is 30.5 Å². The molecular formula is C30H42N2O4. The lowest BCUT2D eigenvalue weighted by molar-refractivity contribution is -0.312. The van der Waals surface area contributed by atoms with Gasteiger partial charge in [-0.05, 0) is 81.4 Å². The van der Waals surface area contributed by atoms with Gasteiger partial charge in [-0.25, -0.2) is 0 Å². The number of nitrogens with zero attached hydrogens (tertiary/aromatic N) is 1. The molecule has 6 heteroatoms. The molecule has 2 spiro atoms. The predicted octanol–water partition coefficient (Wildman–Crippen LogP) is 3.81. The predicted molar refractivity (Wildman–Crippen MR) is 137 cm³/mol. The van der Waals surface area contributed by atoms with Crippen LogP contribution in [0.15, 0.2) is 12.1 Å². The van der Waals surface area contributed by atoms with Gasteiger partial charge in [0.1, 0.15) is 17.5 Å². The van der Waals surface area contributed by atoms with Crippen LogP contribution in [0.1, 0.15) is 87.7 Å². The smallest absolute Gasteiger partial charge is 0.252 e. The van der Waals surface area contributed by atoms with Crippen LogP contribution in [0.2, 0.25) is 0 Å². The van der Waals surface area contributed by atoms with Crippen molar-refractivity contribution in [1.29, 1.82) is 0 Å². The van der Waals surface area contributed by atoms with Gasteiger partial charge < -0.3 is 20.3 Å². The molecule has 1 unspecified atom stereocenters. The Kier molecular flexibility index (Phi) is 4.48. The minimum atomic E-state index is -0.946. The Morgan fingerprint density at radius 2 is 1.97 bits per heavy atom. The number of fused-ring (bicyclic) bond motifs is 2. The van der Waals surface area contributed by atoms with Crippen LogP contribution in [-0.4, -0.2) is 59.5 Å². The summed E-state index contributed by atoms with van der Waals surface area (Å²) in [5.74, 6) is 1.04. The van der Waals surface area contributed by atoms with E-state index in [1.54, 1.807) is 0 Å². The number of amides is 1. The van der Waals surface area contributed by atoms with Crippen molar-refractivity contribution in [3.8, 4) is 5.75 Å². The minimum Gasteiger partial charge on any atom is -0.485 e. The Balaban J connectivity index is 1.49. The van der Waals surface area contributed by atoms with Crippen molar-refractivity contribution in [2.45, 2.75) is 101 Å².